The Morgan fingerprint density at radius 3 is 2.97 bits per heavy atom. The van der Waals surface area contributed by atoms with E-state index in [1.807, 2.05) is 13.0 Å². The van der Waals surface area contributed by atoms with E-state index in [0.717, 1.165) is 0 Å². The third-order valence-electron chi connectivity index (χ3n) is 6.68. The number of aliphatic hydroxyl groups is 1. The lowest BCUT2D eigenvalue weighted by Gasteiger charge is -2.40. The summed E-state index contributed by atoms with van der Waals surface area (Å²) in [4.78, 5) is 6.97. The summed E-state index contributed by atoms with van der Waals surface area (Å²) in [6.45, 7) is 3.79. The molecule has 1 saturated carbocycles. The molecule has 0 amide bonds. The van der Waals surface area contributed by atoms with Crippen LogP contribution in [0.2, 0.25) is 0 Å². The maximum atomic E-state index is 14.0. The van der Waals surface area contributed by atoms with Crippen molar-refractivity contribution in [2.75, 3.05) is 24.7 Å². The zero-order chi connectivity index (χ0) is 22.5. The number of ether oxygens (including phenoxy) is 1. The standard InChI is InChI=1S/C21H27F2N7O2/c1-13-12-32-8-7-29(13)18-9-16(20(31)5-2-3-14(10-20)21(22,23)24)15-11-26-30(19(15)27-18)17-4-6-25-28-17/h4,6,9,11,13-14,31H,2-3,5,7-8,10,12,24H2,1H3,(H,25,28)/t13-,14+,20+/m1/s1. The smallest absolute Gasteiger partial charge is 0.302 e. The minimum Gasteiger partial charge on any atom is -0.385 e. The number of morpholine rings is 1. The predicted molar refractivity (Wildman–Crippen MR) is 114 cm³/mol. The van der Waals surface area contributed by atoms with Crippen molar-refractivity contribution < 1.29 is 18.6 Å². The van der Waals surface area contributed by atoms with Gasteiger partial charge in [0, 0.05) is 23.9 Å². The molecule has 2 fully saturated rings. The SMILES string of the molecule is C[C@@H]1COCCN1c1cc([C@]2(O)CCC[C@H](C(N)(F)F)C2)c2cnn(-c3ccn[nH]3)c2n1. The summed E-state index contributed by atoms with van der Waals surface area (Å²) in [5.74, 6) is 0.171. The van der Waals surface area contributed by atoms with E-state index in [-0.39, 0.29) is 18.9 Å². The second kappa shape index (κ2) is 7.75. The second-order valence-electron chi connectivity index (χ2n) is 8.88. The zero-order valence-electron chi connectivity index (χ0n) is 17.8. The van der Waals surface area contributed by atoms with Crippen molar-refractivity contribution in [1.29, 1.82) is 0 Å². The monoisotopic (exact) mass is 447 g/mol. The predicted octanol–water partition coefficient (Wildman–Crippen LogP) is 2.30. The molecule has 0 aromatic carbocycles. The van der Waals surface area contributed by atoms with Gasteiger partial charge in [0.25, 0.3) is 0 Å². The van der Waals surface area contributed by atoms with Crippen LogP contribution in [0.1, 0.15) is 38.2 Å². The highest BCUT2D eigenvalue weighted by Crippen LogP contribution is 2.46. The first-order valence-corrected chi connectivity index (χ1v) is 10.9. The van der Waals surface area contributed by atoms with Crippen LogP contribution in [0.15, 0.2) is 24.5 Å². The van der Waals surface area contributed by atoms with E-state index in [4.69, 9.17) is 15.5 Å². The fourth-order valence-electron chi connectivity index (χ4n) is 4.96. The van der Waals surface area contributed by atoms with Crippen LogP contribution in [0.5, 0.6) is 0 Å². The molecular weight excluding hydrogens is 420 g/mol. The molecule has 1 aliphatic carbocycles. The van der Waals surface area contributed by atoms with Gasteiger partial charge in [0.15, 0.2) is 11.5 Å². The van der Waals surface area contributed by atoms with E-state index in [1.54, 1.807) is 23.1 Å². The minimum absolute atomic E-state index is 0.0761. The van der Waals surface area contributed by atoms with Crippen LogP contribution in [0.25, 0.3) is 16.9 Å². The van der Waals surface area contributed by atoms with Gasteiger partial charge < -0.3 is 14.7 Å². The Morgan fingerprint density at radius 1 is 1.41 bits per heavy atom. The normalized spacial score (nSPS) is 27.2. The van der Waals surface area contributed by atoms with Gasteiger partial charge in [-0.1, -0.05) is 0 Å². The topological polar surface area (TPSA) is 118 Å². The van der Waals surface area contributed by atoms with Crippen molar-refractivity contribution in [1.82, 2.24) is 25.0 Å². The van der Waals surface area contributed by atoms with Crippen molar-refractivity contribution >= 4 is 16.9 Å². The number of hydrogen-bond acceptors (Lipinski definition) is 7. The van der Waals surface area contributed by atoms with Crippen molar-refractivity contribution in [2.45, 2.75) is 50.3 Å². The van der Waals surface area contributed by atoms with Crippen molar-refractivity contribution in [2.24, 2.45) is 11.7 Å². The van der Waals surface area contributed by atoms with Gasteiger partial charge in [-0.05, 0) is 44.2 Å². The molecule has 1 saturated heterocycles. The van der Waals surface area contributed by atoms with E-state index in [1.165, 1.54) is 0 Å². The van der Waals surface area contributed by atoms with Crippen LogP contribution in [0.4, 0.5) is 14.6 Å². The number of aromatic amines is 1. The Labute approximate surface area is 183 Å². The zero-order valence-corrected chi connectivity index (χ0v) is 17.8. The molecule has 0 spiro atoms. The minimum atomic E-state index is -3.35. The number of halogens is 2. The lowest BCUT2D eigenvalue weighted by atomic mass is 9.73. The van der Waals surface area contributed by atoms with Gasteiger partial charge in [-0.25, -0.2) is 4.98 Å². The molecule has 32 heavy (non-hydrogen) atoms. The van der Waals surface area contributed by atoms with Crippen molar-refractivity contribution in [3.8, 4) is 5.82 Å². The Kier molecular flexibility index (Phi) is 5.14. The van der Waals surface area contributed by atoms with Gasteiger partial charge in [0.2, 0.25) is 0 Å². The fourth-order valence-corrected chi connectivity index (χ4v) is 4.96. The maximum Gasteiger partial charge on any atom is 0.302 e. The molecule has 3 aromatic rings. The molecular formula is C21H27F2N7O2. The van der Waals surface area contributed by atoms with Crippen LogP contribution in [0.3, 0.4) is 0 Å². The summed E-state index contributed by atoms with van der Waals surface area (Å²) in [5, 5.41) is 23.6. The first-order valence-electron chi connectivity index (χ1n) is 10.9. The third-order valence-corrected chi connectivity index (χ3v) is 6.68. The van der Waals surface area contributed by atoms with Crippen molar-refractivity contribution in [3.05, 3.63) is 30.1 Å². The molecule has 11 heteroatoms. The molecule has 3 atom stereocenters. The molecule has 172 valence electrons. The van der Waals surface area contributed by atoms with Gasteiger partial charge in [-0.3, -0.25) is 10.8 Å². The first-order chi connectivity index (χ1) is 15.3. The number of rotatable bonds is 4. The summed E-state index contributed by atoms with van der Waals surface area (Å²) < 4.78 is 35.2. The number of nitrogens with one attached hydrogen (secondary N) is 1. The highest BCUT2D eigenvalue weighted by Gasteiger charge is 2.46. The van der Waals surface area contributed by atoms with Gasteiger partial charge >= 0.3 is 6.05 Å². The van der Waals surface area contributed by atoms with E-state index in [2.05, 4.69) is 20.2 Å². The summed E-state index contributed by atoms with van der Waals surface area (Å²) >= 11 is 0. The summed E-state index contributed by atoms with van der Waals surface area (Å²) in [6.07, 6.45) is 4.21. The largest absolute Gasteiger partial charge is 0.385 e. The number of H-pyrrole nitrogens is 1. The molecule has 1 aliphatic heterocycles. The Bertz CT molecular complexity index is 1100. The van der Waals surface area contributed by atoms with Crippen LogP contribution >= 0.6 is 0 Å². The van der Waals surface area contributed by atoms with E-state index in [9.17, 15) is 13.9 Å². The molecule has 9 nitrogen and oxygen atoms in total. The fraction of sp³-hybridized carbons (Fsp3) is 0.571. The first kappa shape index (κ1) is 21.2. The molecule has 3 aromatic heterocycles. The Balaban J connectivity index is 1.67. The Morgan fingerprint density at radius 2 is 2.25 bits per heavy atom. The number of nitrogens with zero attached hydrogens (tertiary/aromatic N) is 5. The lowest BCUT2D eigenvalue weighted by molar-refractivity contribution is -0.115. The average Bonchev–Trinajstić information content (AvgIpc) is 3.42. The van der Waals surface area contributed by atoms with Gasteiger partial charge in [-0.15, -0.1) is 0 Å². The quantitative estimate of drug-likeness (QED) is 0.525. The van der Waals surface area contributed by atoms with Crippen LogP contribution < -0.4 is 10.6 Å². The van der Waals surface area contributed by atoms with E-state index < -0.39 is 17.6 Å². The van der Waals surface area contributed by atoms with Gasteiger partial charge in [0.05, 0.1) is 37.3 Å². The molecule has 4 heterocycles. The number of nitrogens with two attached hydrogens (primary N) is 1. The summed E-state index contributed by atoms with van der Waals surface area (Å²) in [5.41, 5.74) is 4.76. The maximum absolute atomic E-state index is 14.0. The average molecular weight is 447 g/mol. The molecule has 4 N–H and O–H groups in total. The highest BCUT2D eigenvalue weighted by molar-refractivity contribution is 5.83. The molecule has 0 radical (unpaired) electrons. The van der Waals surface area contributed by atoms with Gasteiger partial charge in [-0.2, -0.15) is 23.7 Å². The molecule has 0 bridgehead atoms. The van der Waals surface area contributed by atoms with Gasteiger partial charge in [0.1, 0.15) is 5.82 Å². The number of hydrogen-bond donors (Lipinski definition) is 3. The summed E-state index contributed by atoms with van der Waals surface area (Å²) in [6, 6.07) is 0.313. The molecule has 2 aliphatic rings. The van der Waals surface area contributed by atoms with Crippen LogP contribution in [0, 0.1) is 5.92 Å². The van der Waals surface area contributed by atoms with Crippen LogP contribution in [-0.2, 0) is 10.3 Å². The number of fused-ring (bicyclic) bond motifs is 1. The van der Waals surface area contributed by atoms with Crippen molar-refractivity contribution in [3.63, 3.8) is 0 Å². The second-order valence-corrected chi connectivity index (χ2v) is 8.88. The number of pyridine rings is 1. The lowest BCUT2D eigenvalue weighted by Crippen LogP contribution is -2.46. The number of aromatic nitrogens is 5. The number of anilines is 1. The van der Waals surface area contributed by atoms with E-state index in [0.29, 0.717) is 60.8 Å². The molecule has 0 unspecified atom stereocenters. The highest BCUT2D eigenvalue weighted by atomic mass is 19.3. The third kappa shape index (κ3) is 3.63. The number of alkyl halides is 2. The summed E-state index contributed by atoms with van der Waals surface area (Å²) in [7, 11) is 0. The Hall–Kier alpha value is -2.63. The molecule has 5 rings (SSSR count). The van der Waals surface area contributed by atoms with E-state index >= 15 is 0 Å². The van der Waals surface area contributed by atoms with Crippen LogP contribution in [-0.4, -0.2) is 61.9 Å².